The van der Waals surface area contributed by atoms with Crippen molar-refractivity contribution in [3.05, 3.63) is 42.2 Å². The molecular formula is C16H16N2O5S. The summed E-state index contributed by atoms with van der Waals surface area (Å²) < 4.78 is 44.6. The second kappa shape index (κ2) is 6.88. The molecule has 1 aromatic heterocycles. The van der Waals surface area contributed by atoms with E-state index in [1.165, 1.54) is 25.4 Å². The van der Waals surface area contributed by atoms with Gasteiger partial charge in [0.1, 0.15) is 11.4 Å². The zero-order valence-corrected chi connectivity index (χ0v) is 13.8. The molecule has 1 aliphatic heterocycles. The van der Waals surface area contributed by atoms with Crippen molar-refractivity contribution in [1.29, 1.82) is 0 Å². The van der Waals surface area contributed by atoms with E-state index >= 15 is 0 Å². The van der Waals surface area contributed by atoms with Crippen LogP contribution in [0.15, 0.2) is 45.8 Å². The third-order valence-electron chi connectivity index (χ3n) is 3.35. The first kappa shape index (κ1) is 16.3. The zero-order valence-electron chi connectivity index (χ0n) is 13.0. The molecule has 1 aliphatic rings. The Bertz CT molecular complexity index is 865. The molecule has 0 aliphatic carbocycles. The summed E-state index contributed by atoms with van der Waals surface area (Å²) in [5, 5.41) is 0. The van der Waals surface area contributed by atoms with Gasteiger partial charge in [-0.2, -0.15) is 12.8 Å². The van der Waals surface area contributed by atoms with Crippen molar-refractivity contribution in [3.63, 3.8) is 0 Å². The first-order chi connectivity index (χ1) is 11.6. The first-order valence-corrected chi connectivity index (χ1v) is 8.73. The van der Waals surface area contributed by atoms with Crippen LogP contribution in [0.1, 0.15) is 12.1 Å². The number of hydrogen-bond donors (Lipinski definition) is 0. The Kier molecular flexibility index (Phi) is 4.66. The number of aromatic nitrogens is 1. The van der Waals surface area contributed by atoms with E-state index in [1.807, 2.05) is 0 Å². The number of benzene rings is 1. The van der Waals surface area contributed by atoms with Crippen molar-refractivity contribution in [2.24, 2.45) is 4.40 Å². The lowest BCUT2D eigenvalue weighted by molar-refractivity contribution is 0.297. The second-order valence-electron chi connectivity index (χ2n) is 4.96. The molecule has 0 bridgehead atoms. The Morgan fingerprint density at radius 1 is 1.21 bits per heavy atom. The number of hydrogen-bond acceptors (Lipinski definition) is 6. The molecule has 2 heterocycles. The summed E-state index contributed by atoms with van der Waals surface area (Å²) in [7, 11) is -2.41. The smallest absolute Gasteiger partial charge is 0.282 e. The number of rotatable bonds is 4. The highest BCUT2D eigenvalue weighted by atomic mass is 32.2. The molecule has 0 unspecified atom stereocenters. The van der Waals surface area contributed by atoms with Gasteiger partial charge in [-0.3, -0.25) is 4.98 Å². The van der Waals surface area contributed by atoms with Gasteiger partial charge in [-0.25, -0.2) is 0 Å². The average Bonchev–Trinajstić information content (AvgIpc) is 2.85. The van der Waals surface area contributed by atoms with Gasteiger partial charge in [-0.15, -0.1) is 0 Å². The fraction of sp³-hybridized carbons (Fsp3) is 0.250. The van der Waals surface area contributed by atoms with E-state index in [-0.39, 0.29) is 4.90 Å². The number of fused-ring (bicyclic) bond motifs is 1. The Labute approximate surface area is 140 Å². The fourth-order valence-corrected chi connectivity index (χ4v) is 3.01. The quantitative estimate of drug-likeness (QED) is 0.786. The van der Waals surface area contributed by atoms with E-state index in [9.17, 15) is 8.42 Å². The van der Waals surface area contributed by atoms with Crippen molar-refractivity contribution in [1.82, 2.24) is 4.98 Å². The molecule has 1 aromatic carbocycles. The predicted molar refractivity (Wildman–Crippen MR) is 87.6 cm³/mol. The summed E-state index contributed by atoms with van der Waals surface area (Å²) >= 11 is 0. The van der Waals surface area contributed by atoms with E-state index in [1.54, 1.807) is 18.2 Å². The van der Waals surface area contributed by atoms with Gasteiger partial charge in [0.2, 0.25) is 0 Å². The van der Waals surface area contributed by atoms with Crippen LogP contribution in [0.4, 0.5) is 0 Å². The zero-order chi connectivity index (χ0) is 17.0. The van der Waals surface area contributed by atoms with Crippen LogP contribution in [0.5, 0.6) is 17.2 Å². The molecule has 0 saturated heterocycles. The number of methoxy groups -OCH3 is 1. The summed E-state index contributed by atoms with van der Waals surface area (Å²) in [6.45, 7) is 1.02. The highest BCUT2D eigenvalue weighted by Crippen LogP contribution is 2.32. The van der Waals surface area contributed by atoms with Crippen molar-refractivity contribution in [2.45, 2.75) is 11.3 Å². The topological polar surface area (TPSA) is 87.1 Å². The van der Waals surface area contributed by atoms with Crippen LogP contribution >= 0.6 is 0 Å². The molecule has 126 valence electrons. The minimum Gasteiger partial charge on any atom is -0.494 e. The average molecular weight is 348 g/mol. The molecule has 2 aromatic rings. The molecule has 0 N–H and O–H groups in total. The van der Waals surface area contributed by atoms with E-state index in [4.69, 9.17) is 14.2 Å². The molecule has 0 fully saturated rings. The Hall–Kier alpha value is -2.61. The predicted octanol–water partition coefficient (Wildman–Crippen LogP) is 2.06. The molecule has 0 atom stereocenters. The van der Waals surface area contributed by atoms with Gasteiger partial charge < -0.3 is 14.2 Å². The summed E-state index contributed by atoms with van der Waals surface area (Å²) in [4.78, 5) is 4.07. The number of sulfonamides is 1. The molecule has 0 amide bonds. The standard InChI is InChI=1S/C16H16N2O5S/c1-21-14-4-2-7-17-13(14)11-18-24(19,20)12-5-6-15-16(10-12)23-9-3-8-22-15/h2,4-7,10-11H,3,8-9H2,1H3/b18-11-. The van der Waals surface area contributed by atoms with Gasteiger partial charge in [-0.1, -0.05) is 0 Å². The van der Waals surface area contributed by atoms with Crippen LogP contribution in [0.2, 0.25) is 0 Å². The Morgan fingerprint density at radius 3 is 2.79 bits per heavy atom. The summed E-state index contributed by atoms with van der Waals surface area (Å²) in [6, 6.07) is 7.80. The molecule has 24 heavy (non-hydrogen) atoms. The van der Waals surface area contributed by atoms with Gasteiger partial charge >= 0.3 is 0 Å². The van der Waals surface area contributed by atoms with Crippen molar-refractivity contribution < 1.29 is 22.6 Å². The molecule has 3 rings (SSSR count). The van der Waals surface area contributed by atoms with E-state index in [0.29, 0.717) is 36.2 Å². The van der Waals surface area contributed by atoms with E-state index in [2.05, 4.69) is 9.38 Å². The van der Waals surface area contributed by atoms with Crippen molar-refractivity contribution >= 4 is 16.2 Å². The normalized spacial score (nSPS) is 14.4. The Morgan fingerprint density at radius 2 is 2.00 bits per heavy atom. The molecule has 0 radical (unpaired) electrons. The van der Waals surface area contributed by atoms with Crippen LogP contribution in [-0.4, -0.2) is 39.9 Å². The van der Waals surface area contributed by atoms with Crippen molar-refractivity contribution in [2.75, 3.05) is 20.3 Å². The molecule has 8 heteroatoms. The minimum absolute atomic E-state index is 0.0258. The molecular weight excluding hydrogens is 332 g/mol. The van der Waals surface area contributed by atoms with Gasteiger partial charge in [0, 0.05) is 18.7 Å². The SMILES string of the molecule is COc1cccnc1/C=N\S(=O)(=O)c1ccc2c(c1)OCCCO2. The maximum absolute atomic E-state index is 12.4. The largest absolute Gasteiger partial charge is 0.494 e. The Balaban J connectivity index is 1.90. The second-order valence-corrected chi connectivity index (χ2v) is 6.59. The van der Waals surface area contributed by atoms with Crippen LogP contribution in [0, 0.1) is 0 Å². The highest BCUT2D eigenvalue weighted by Gasteiger charge is 2.18. The summed E-state index contributed by atoms with van der Waals surface area (Å²) in [6.07, 6.45) is 3.44. The monoisotopic (exact) mass is 348 g/mol. The van der Waals surface area contributed by atoms with Crippen molar-refractivity contribution in [3.8, 4) is 17.2 Å². The van der Waals surface area contributed by atoms with Gasteiger partial charge in [0.15, 0.2) is 11.5 Å². The van der Waals surface area contributed by atoms with Crippen LogP contribution < -0.4 is 14.2 Å². The summed E-state index contributed by atoms with van der Waals surface area (Å²) in [5.74, 6) is 1.37. The number of pyridine rings is 1. The van der Waals surface area contributed by atoms with Crippen LogP contribution in [0.3, 0.4) is 0 Å². The van der Waals surface area contributed by atoms with Crippen LogP contribution in [0.25, 0.3) is 0 Å². The third kappa shape index (κ3) is 3.48. The highest BCUT2D eigenvalue weighted by molar-refractivity contribution is 7.90. The van der Waals surface area contributed by atoms with Crippen LogP contribution in [-0.2, 0) is 10.0 Å². The van der Waals surface area contributed by atoms with E-state index < -0.39 is 10.0 Å². The van der Waals surface area contributed by atoms with Gasteiger partial charge in [-0.05, 0) is 24.3 Å². The lowest BCUT2D eigenvalue weighted by Gasteiger charge is -2.08. The number of ether oxygens (including phenoxy) is 3. The molecule has 0 saturated carbocycles. The molecule has 0 spiro atoms. The van der Waals surface area contributed by atoms with E-state index in [0.717, 1.165) is 12.6 Å². The van der Waals surface area contributed by atoms with Gasteiger partial charge in [0.25, 0.3) is 10.0 Å². The lowest BCUT2D eigenvalue weighted by atomic mass is 10.3. The third-order valence-corrected chi connectivity index (χ3v) is 4.58. The maximum Gasteiger partial charge on any atom is 0.282 e. The minimum atomic E-state index is -3.89. The lowest BCUT2D eigenvalue weighted by Crippen LogP contribution is -2.01. The molecule has 7 nitrogen and oxygen atoms in total. The summed E-state index contributed by atoms with van der Waals surface area (Å²) in [5.41, 5.74) is 0.331. The number of nitrogens with zero attached hydrogens (tertiary/aromatic N) is 2. The first-order valence-electron chi connectivity index (χ1n) is 7.29. The fourth-order valence-electron chi connectivity index (χ4n) is 2.16. The van der Waals surface area contributed by atoms with Gasteiger partial charge in [0.05, 0.1) is 31.4 Å². The maximum atomic E-state index is 12.4.